The van der Waals surface area contributed by atoms with Crippen LogP contribution in [0.15, 0.2) is 36.5 Å². The van der Waals surface area contributed by atoms with Gasteiger partial charge >= 0.3 is 0 Å². The number of nitrogens with zero attached hydrogens (tertiary/aromatic N) is 1. The van der Waals surface area contributed by atoms with Gasteiger partial charge < -0.3 is 5.32 Å². The van der Waals surface area contributed by atoms with Crippen molar-refractivity contribution in [2.24, 2.45) is 0 Å². The lowest BCUT2D eigenvalue weighted by atomic mass is 10.1. The second-order valence-electron chi connectivity index (χ2n) is 3.60. The van der Waals surface area contributed by atoms with Gasteiger partial charge in [-0.1, -0.05) is 18.2 Å². The van der Waals surface area contributed by atoms with Crippen LogP contribution in [0.5, 0.6) is 0 Å². The molecule has 0 unspecified atom stereocenters. The van der Waals surface area contributed by atoms with Crippen LogP contribution in [-0.4, -0.2) is 16.7 Å². The molecule has 84 valence electrons. The average Bonchev–Trinajstić information content (AvgIpc) is 2.79. The molecule has 0 amide bonds. The van der Waals surface area contributed by atoms with Crippen LogP contribution in [0, 0.1) is 5.82 Å². The van der Waals surface area contributed by atoms with Gasteiger partial charge in [-0.15, -0.1) is 0 Å². The summed E-state index contributed by atoms with van der Waals surface area (Å²) in [6.45, 7) is 1.48. The number of nitrogens with one attached hydrogen (secondary N) is 2. The van der Waals surface area contributed by atoms with Gasteiger partial charge in [0.25, 0.3) is 0 Å². The fraction of sp³-hybridized carbons (Fsp3) is 0.250. The Kier molecular flexibility index (Phi) is 3.66. The quantitative estimate of drug-likeness (QED) is 0.754. The van der Waals surface area contributed by atoms with Gasteiger partial charge in [0.15, 0.2) is 0 Å². The molecule has 2 aromatic rings. The van der Waals surface area contributed by atoms with E-state index in [1.807, 2.05) is 18.2 Å². The van der Waals surface area contributed by atoms with E-state index in [-0.39, 0.29) is 5.82 Å². The third-order valence-corrected chi connectivity index (χ3v) is 2.40. The fourth-order valence-electron chi connectivity index (χ4n) is 1.53. The Labute approximate surface area is 93.7 Å². The molecular formula is C12H14FN3. The summed E-state index contributed by atoms with van der Waals surface area (Å²) in [5, 5.41) is 9.93. The van der Waals surface area contributed by atoms with Crippen LogP contribution >= 0.6 is 0 Å². The van der Waals surface area contributed by atoms with Crippen LogP contribution in [0.2, 0.25) is 0 Å². The maximum Gasteiger partial charge on any atom is 0.126 e. The number of hydrogen-bond acceptors (Lipinski definition) is 2. The summed E-state index contributed by atoms with van der Waals surface area (Å²) >= 11 is 0. The van der Waals surface area contributed by atoms with E-state index >= 15 is 0 Å². The molecule has 0 saturated carbocycles. The number of aromatic nitrogens is 2. The van der Waals surface area contributed by atoms with Gasteiger partial charge in [0.2, 0.25) is 0 Å². The standard InChI is InChI=1S/C12H14FN3/c13-12-4-2-1-3-10(12)5-7-14-9-11-6-8-15-16-11/h1-4,6,8,14H,5,7,9H2,(H,15,16). The zero-order chi connectivity index (χ0) is 11.2. The minimum Gasteiger partial charge on any atom is -0.311 e. The number of rotatable bonds is 5. The molecule has 0 saturated heterocycles. The molecule has 1 aromatic heterocycles. The summed E-state index contributed by atoms with van der Waals surface area (Å²) in [6.07, 6.45) is 2.41. The lowest BCUT2D eigenvalue weighted by molar-refractivity contribution is 0.596. The highest BCUT2D eigenvalue weighted by atomic mass is 19.1. The van der Waals surface area contributed by atoms with Gasteiger partial charge in [0.05, 0.1) is 0 Å². The maximum absolute atomic E-state index is 13.2. The lowest BCUT2D eigenvalue weighted by Gasteiger charge is -2.04. The number of aromatic amines is 1. The van der Waals surface area contributed by atoms with Gasteiger partial charge in [-0.25, -0.2) is 4.39 Å². The zero-order valence-electron chi connectivity index (χ0n) is 8.91. The van der Waals surface area contributed by atoms with E-state index in [1.54, 1.807) is 12.3 Å². The van der Waals surface area contributed by atoms with E-state index in [1.165, 1.54) is 6.07 Å². The van der Waals surface area contributed by atoms with Gasteiger partial charge in [-0.3, -0.25) is 5.10 Å². The van der Waals surface area contributed by atoms with Crippen molar-refractivity contribution in [1.29, 1.82) is 0 Å². The molecule has 0 fully saturated rings. The van der Waals surface area contributed by atoms with Crippen molar-refractivity contribution in [2.75, 3.05) is 6.54 Å². The summed E-state index contributed by atoms with van der Waals surface area (Å²) < 4.78 is 13.2. The molecule has 1 heterocycles. The molecule has 3 nitrogen and oxygen atoms in total. The Morgan fingerprint density at radius 2 is 2.12 bits per heavy atom. The first-order valence-electron chi connectivity index (χ1n) is 5.28. The molecule has 0 aliphatic heterocycles. The number of H-pyrrole nitrogens is 1. The van der Waals surface area contributed by atoms with Crippen molar-refractivity contribution in [3.05, 3.63) is 53.6 Å². The molecule has 0 bridgehead atoms. The molecule has 2 rings (SSSR count). The number of benzene rings is 1. The third kappa shape index (κ3) is 2.90. The first-order chi connectivity index (χ1) is 7.86. The van der Waals surface area contributed by atoms with Gasteiger partial charge in [0, 0.05) is 18.4 Å². The largest absolute Gasteiger partial charge is 0.311 e. The normalized spacial score (nSPS) is 10.6. The highest BCUT2D eigenvalue weighted by Gasteiger charge is 1.99. The molecule has 0 aliphatic rings. The van der Waals surface area contributed by atoms with Gasteiger partial charge in [0.1, 0.15) is 5.82 Å². The topological polar surface area (TPSA) is 40.7 Å². The predicted octanol–water partition coefficient (Wildman–Crippen LogP) is 1.88. The molecule has 0 radical (unpaired) electrons. The summed E-state index contributed by atoms with van der Waals surface area (Å²) in [5.41, 5.74) is 1.79. The molecule has 2 N–H and O–H groups in total. The van der Waals surface area contributed by atoms with Crippen LogP contribution in [0.3, 0.4) is 0 Å². The first kappa shape index (κ1) is 10.8. The van der Waals surface area contributed by atoms with Gasteiger partial charge in [-0.05, 0) is 30.7 Å². The monoisotopic (exact) mass is 219 g/mol. The average molecular weight is 219 g/mol. The Balaban J connectivity index is 1.74. The highest BCUT2D eigenvalue weighted by molar-refractivity contribution is 5.17. The Morgan fingerprint density at radius 3 is 2.88 bits per heavy atom. The van der Waals surface area contributed by atoms with Crippen molar-refractivity contribution < 1.29 is 4.39 Å². The number of hydrogen-bond donors (Lipinski definition) is 2. The van der Waals surface area contributed by atoms with Crippen LogP contribution in [-0.2, 0) is 13.0 Å². The predicted molar refractivity (Wildman–Crippen MR) is 60.4 cm³/mol. The highest BCUT2D eigenvalue weighted by Crippen LogP contribution is 2.06. The van der Waals surface area contributed by atoms with Crippen LogP contribution in [0.1, 0.15) is 11.3 Å². The molecule has 0 aliphatic carbocycles. The Hall–Kier alpha value is -1.68. The van der Waals surface area contributed by atoms with Gasteiger partial charge in [-0.2, -0.15) is 5.10 Å². The molecule has 1 aromatic carbocycles. The van der Waals surface area contributed by atoms with E-state index in [2.05, 4.69) is 15.5 Å². The van der Waals surface area contributed by atoms with Crippen molar-refractivity contribution >= 4 is 0 Å². The summed E-state index contributed by atoms with van der Waals surface area (Å²) in [5.74, 6) is -0.133. The van der Waals surface area contributed by atoms with E-state index in [9.17, 15) is 4.39 Å². The smallest absolute Gasteiger partial charge is 0.126 e. The van der Waals surface area contributed by atoms with Crippen LogP contribution in [0.4, 0.5) is 4.39 Å². The first-order valence-corrected chi connectivity index (χ1v) is 5.28. The number of halogens is 1. The Bertz CT molecular complexity index is 426. The molecule has 4 heteroatoms. The molecule has 0 atom stereocenters. The maximum atomic E-state index is 13.2. The molecule has 16 heavy (non-hydrogen) atoms. The van der Waals surface area contributed by atoms with Crippen molar-refractivity contribution in [3.63, 3.8) is 0 Å². The molecule has 0 spiro atoms. The lowest BCUT2D eigenvalue weighted by Crippen LogP contribution is -2.17. The summed E-state index contributed by atoms with van der Waals surface area (Å²) in [4.78, 5) is 0. The summed E-state index contributed by atoms with van der Waals surface area (Å²) in [7, 11) is 0. The second-order valence-corrected chi connectivity index (χ2v) is 3.60. The van der Waals surface area contributed by atoms with Crippen molar-refractivity contribution in [1.82, 2.24) is 15.5 Å². The van der Waals surface area contributed by atoms with Crippen molar-refractivity contribution in [3.8, 4) is 0 Å². The van der Waals surface area contributed by atoms with Crippen LogP contribution < -0.4 is 5.32 Å². The van der Waals surface area contributed by atoms with E-state index in [0.29, 0.717) is 6.42 Å². The zero-order valence-corrected chi connectivity index (χ0v) is 8.91. The minimum atomic E-state index is -0.133. The van der Waals surface area contributed by atoms with E-state index < -0.39 is 0 Å². The van der Waals surface area contributed by atoms with Crippen LogP contribution in [0.25, 0.3) is 0 Å². The third-order valence-electron chi connectivity index (χ3n) is 2.40. The van der Waals surface area contributed by atoms with E-state index in [0.717, 1.165) is 24.3 Å². The molecular weight excluding hydrogens is 205 g/mol. The van der Waals surface area contributed by atoms with E-state index in [4.69, 9.17) is 0 Å². The minimum absolute atomic E-state index is 0.133. The Morgan fingerprint density at radius 1 is 1.25 bits per heavy atom. The fourth-order valence-corrected chi connectivity index (χ4v) is 1.53. The second kappa shape index (κ2) is 5.42. The summed E-state index contributed by atoms with van der Waals surface area (Å²) in [6, 6.07) is 8.78. The SMILES string of the molecule is Fc1ccccc1CCNCc1ccn[nH]1. The van der Waals surface area contributed by atoms with Crippen molar-refractivity contribution in [2.45, 2.75) is 13.0 Å².